The van der Waals surface area contributed by atoms with Crippen LogP contribution < -0.4 is 5.32 Å². The molecule has 0 radical (unpaired) electrons. The molecule has 5 rings (SSSR count). The van der Waals surface area contributed by atoms with Crippen LogP contribution >= 0.6 is 0 Å². The zero-order valence-corrected chi connectivity index (χ0v) is 17.2. The van der Waals surface area contributed by atoms with Gasteiger partial charge < -0.3 is 14.3 Å². The van der Waals surface area contributed by atoms with Gasteiger partial charge in [-0.1, -0.05) is 24.3 Å². The zero-order valence-electron chi connectivity index (χ0n) is 17.2. The van der Waals surface area contributed by atoms with Gasteiger partial charge in [-0.2, -0.15) is 0 Å². The van der Waals surface area contributed by atoms with E-state index in [0.29, 0.717) is 18.5 Å². The third kappa shape index (κ3) is 4.20. The Bertz CT molecular complexity index is 1180. The first kappa shape index (κ1) is 19.4. The number of para-hydroxylation sites is 1. The maximum absolute atomic E-state index is 12.1. The molecule has 8 heteroatoms. The number of carbonyl (C=O) groups is 1. The zero-order chi connectivity index (χ0) is 21.0. The number of aromatic nitrogens is 4. The van der Waals surface area contributed by atoms with E-state index in [1.54, 1.807) is 6.07 Å². The first-order valence-electron chi connectivity index (χ1n) is 10.5. The molecule has 0 spiro atoms. The number of rotatable bonds is 6. The van der Waals surface area contributed by atoms with Crippen LogP contribution in [0.3, 0.4) is 0 Å². The molecule has 4 heterocycles. The van der Waals surface area contributed by atoms with Crippen molar-refractivity contribution in [3.05, 3.63) is 77.9 Å². The fourth-order valence-corrected chi connectivity index (χ4v) is 4.09. The third-order valence-corrected chi connectivity index (χ3v) is 5.72. The summed E-state index contributed by atoms with van der Waals surface area (Å²) >= 11 is 0. The van der Waals surface area contributed by atoms with Crippen LogP contribution in [0.5, 0.6) is 0 Å². The van der Waals surface area contributed by atoms with E-state index in [0.717, 1.165) is 49.8 Å². The van der Waals surface area contributed by atoms with E-state index < -0.39 is 0 Å². The second kappa shape index (κ2) is 8.69. The normalized spacial score (nSPS) is 14.3. The number of fused-ring (bicyclic) bond motifs is 2. The van der Waals surface area contributed by atoms with Crippen molar-refractivity contribution in [3.63, 3.8) is 0 Å². The summed E-state index contributed by atoms with van der Waals surface area (Å²) in [6.45, 7) is 4.06. The SMILES string of the molecule is O=C(NCCc1nnc2n1CCN(Cc1cccc3cccnc13)CC2)c1ccoc1. The lowest BCUT2D eigenvalue weighted by atomic mass is 10.1. The lowest BCUT2D eigenvalue weighted by Gasteiger charge is -2.20. The molecule has 1 aliphatic rings. The van der Waals surface area contributed by atoms with E-state index in [1.165, 1.54) is 23.5 Å². The fourth-order valence-electron chi connectivity index (χ4n) is 4.09. The van der Waals surface area contributed by atoms with Gasteiger partial charge in [0.15, 0.2) is 0 Å². The Balaban J connectivity index is 1.21. The highest BCUT2D eigenvalue weighted by Gasteiger charge is 2.19. The minimum atomic E-state index is -0.140. The van der Waals surface area contributed by atoms with Crippen LogP contribution in [0.1, 0.15) is 27.6 Å². The number of carbonyl (C=O) groups excluding carboxylic acids is 1. The van der Waals surface area contributed by atoms with Crippen LogP contribution in [-0.4, -0.2) is 50.2 Å². The van der Waals surface area contributed by atoms with E-state index in [-0.39, 0.29) is 5.91 Å². The smallest absolute Gasteiger partial charge is 0.254 e. The number of hydrogen-bond acceptors (Lipinski definition) is 6. The summed E-state index contributed by atoms with van der Waals surface area (Å²) in [5, 5.41) is 12.8. The average molecular weight is 416 g/mol. The highest BCUT2D eigenvalue weighted by molar-refractivity contribution is 5.93. The molecule has 0 unspecified atom stereocenters. The van der Waals surface area contributed by atoms with Crippen molar-refractivity contribution >= 4 is 16.8 Å². The van der Waals surface area contributed by atoms with Gasteiger partial charge in [0.25, 0.3) is 5.91 Å². The molecule has 1 aliphatic heterocycles. The second-order valence-corrected chi connectivity index (χ2v) is 7.72. The molecule has 31 heavy (non-hydrogen) atoms. The van der Waals surface area contributed by atoms with Crippen LogP contribution in [0.2, 0.25) is 0 Å². The van der Waals surface area contributed by atoms with E-state index in [4.69, 9.17) is 4.42 Å². The quantitative estimate of drug-likeness (QED) is 0.519. The number of furan rings is 1. The summed E-state index contributed by atoms with van der Waals surface area (Å²) in [7, 11) is 0. The maximum Gasteiger partial charge on any atom is 0.254 e. The Hall–Kier alpha value is -3.52. The molecule has 4 aromatic rings. The topological polar surface area (TPSA) is 89.1 Å². The van der Waals surface area contributed by atoms with E-state index in [1.807, 2.05) is 12.3 Å². The average Bonchev–Trinajstić information content (AvgIpc) is 3.42. The standard InChI is InChI=1S/C23H24N6O2/c30-23(19-8-14-31-16-19)25-10-6-20-26-27-21-7-11-28(12-13-29(20)21)15-18-4-1-3-17-5-2-9-24-22(17)18/h1-5,8-9,14,16H,6-7,10-13,15H2,(H,25,30). The molecule has 0 saturated heterocycles. The predicted octanol–water partition coefficient (Wildman–Crippen LogP) is 2.45. The lowest BCUT2D eigenvalue weighted by Crippen LogP contribution is -2.28. The van der Waals surface area contributed by atoms with Crippen molar-refractivity contribution in [1.82, 2.24) is 30.0 Å². The molecule has 0 bridgehead atoms. The number of benzene rings is 1. The molecule has 0 saturated carbocycles. The number of amides is 1. The van der Waals surface area contributed by atoms with Crippen molar-refractivity contribution in [2.45, 2.75) is 25.9 Å². The van der Waals surface area contributed by atoms with Gasteiger partial charge in [-0.15, -0.1) is 10.2 Å². The third-order valence-electron chi connectivity index (χ3n) is 5.72. The second-order valence-electron chi connectivity index (χ2n) is 7.72. The van der Waals surface area contributed by atoms with E-state index in [9.17, 15) is 4.79 Å². The van der Waals surface area contributed by atoms with Crippen LogP contribution in [0.25, 0.3) is 10.9 Å². The molecule has 0 fully saturated rings. The number of nitrogens with one attached hydrogen (secondary N) is 1. The van der Waals surface area contributed by atoms with Gasteiger partial charge in [-0.05, 0) is 17.7 Å². The van der Waals surface area contributed by atoms with Crippen molar-refractivity contribution in [1.29, 1.82) is 0 Å². The van der Waals surface area contributed by atoms with Gasteiger partial charge in [-0.3, -0.25) is 14.7 Å². The monoisotopic (exact) mass is 416 g/mol. The molecule has 158 valence electrons. The van der Waals surface area contributed by atoms with E-state index >= 15 is 0 Å². The highest BCUT2D eigenvalue weighted by atomic mass is 16.3. The van der Waals surface area contributed by atoms with Crippen LogP contribution in [0.15, 0.2) is 59.5 Å². The van der Waals surface area contributed by atoms with Gasteiger partial charge in [0.1, 0.15) is 17.9 Å². The Kier molecular flexibility index (Phi) is 5.45. The highest BCUT2D eigenvalue weighted by Crippen LogP contribution is 2.19. The minimum Gasteiger partial charge on any atom is -0.472 e. The van der Waals surface area contributed by atoms with Crippen molar-refractivity contribution < 1.29 is 9.21 Å². The Morgan fingerprint density at radius 1 is 1.10 bits per heavy atom. The van der Waals surface area contributed by atoms with Gasteiger partial charge in [0.2, 0.25) is 0 Å². The predicted molar refractivity (Wildman–Crippen MR) is 115 cm³/mol. The van der Waals surface area contributed by atoms with Gasteiger partial charge in [-0.25, -0.2) is 0 Å². The molecular formula is C23H24N6O2. The maximum atomic E-state index is 12.1. The number of hydrogen-bond donors (Lipinski definition) is 1. The molecule has 0 atom stereocenters. The number of pyridine rings is 1. The summed E-state index contributed by atoms with van der Waals surface area (Å²) < 4.78 is 7.16. The lowest BCUT2D eigenvalue weighted by molar-refractivity contribution is 0.0953. The summed E-state index contributed by atoms with van der Waals surface area (Å²) in [5.41, 5.74) is 2.85. The minimum absolute atomic E-state index is 0.140. The summed E-state index contributed by atoms with van der Waals surface area (Å²) in [4.78, 5) is 19.1. The largest absolute Gasteiger partial charge is 0.472 e. The molecule has 1 aromatic carbocycles. The van der Waals surface area contributed by atoms with E-state index in [2.05, 4.69) is 54.2 Å². The van der Waals surface area contributed by atoms with Gasteiger partial charge in [0, 0.05) is 57.1 Å². The first-order chi connectivity index (χ1) is 15.3. The Labute approximate surface area is 179 Å². The van der Waals surface area contributed by atoms with Crippen molar-refractivity contribution in [2.75, 3.05) is 19.6 Å². The number of nitrogens with zero attached hydrogens (tertiary/aromatic N) is 5. The van der Waals surface area contributed by atoms with Gasteiger partial charge in [0.05, 0.1) is 17.3 Å². The van der Waals surface area contributed by atoms with Crippen LogP contribution in [-0.2, 0) is 25.9 Å². The molecule has 1 N–H and O–H groups in total. The Morgan fingerprint density at radius 3 is 2.94 bits per heavy atom. The van der Waals surface area contributed by atoms with Gasteiger partial charge >= 0.3 is 0 Å². The summed E-state index contributed by atoms with van der Waals surface area (Å²) in [6, 6.07) is 12.1. The molecule has 8 nitrogen and oxygen atoms in total. The molecular weight excluding hydrogens is 392 g/mol. The molecule has 0 aliphatic carbocycles. The van der Waals surface area contributed by atoms with Crippen molar-refractivity contribution in [3.8, 4) is 0 Å². The van der Waals surface area contributed by atoms with Crippen LogP contribution in [0.4, 0.5) is 0 Å². The first-order valence-corrected chi connectivity index (χ1v) is 10.5. The Morgan fingerprint density at radius 2 is 2.03 bits per heavy atom. The molecule has 3 aromatic heterocycles. The van der Waals surface area contributed by atoms with Crippen LogP contribution in [0, 0.1) is 0 Å². The van der Waals surface area contributed by atoms with Crippen molar-refractivity contribution in [2.24, 2.45) is 0 Å². The molecule has 1 amide bonds. The fraction of sp³-hybridized carbons (Fsp3) is 0.304. The summed E-state index contributed by atoms with van der Waals surface area (Å²) in [6.07, 6.45) is 6.29. The summed E-state index contributed by atoms with van der Waals surface area (Å²) in [5.74, 6) is 1.78.